The Kier molecular flexibility index (Phi) is 44.4. The molecule has 5 atom stereocenters. The molecule has 0 spiro atoms. The highest BCUT2D eigenvalue weighted by molar-refractivity contribution is 5.70. The number of aliphatic hydroxyl groups is 1. The monoisotopic (exact) mass is 940 g/mol. The van der Waals surface area contributed by atoms with Gasteiger partial charge in [0.15, 0.2) is 6.29 Å². The molecular formula is C55H109N3O8. The number of carbonyl (C=O) groups excluding carboxylic acids is 3. The average Bonchev–Trinajstić information content (AvgIpc) is 3.31. The minimum Gasteiger partial charge on any atom is -0.466 e. The Bertz CT molecular complexity index is 1080. The number of nitrogens with zero attached hydrogens (tertiary/aromatic N) is 3. The van der Waals surface area contributed by atoms with Gasteiger partial charge in [-0.1, -0.05) is 158 Å². The van der Waals surface area contributed by atoms with Gasteiger partial charge in [0.2, 0.25) is 0 Å². The third-order valence-electron chi connectivity index (χ3n) is 13.9. The van der Waals surface area contributed by atoms with Gasteiger partial charge in [-0.25, -0.2) is 0 Å². The number of esters is 3. The molecule has 0 aromatic carbocycles. The fraction of sp³-hybridized carbons (Fsp3) is 0.945. The van der Waals surface area contributed by atoms with Crippen LogP contribution in [0.1, 0.15) is 222 Å². The molecule has 0 rings (SSSR count). The maximum Gasteiger partial charge on any atom is 0.307 e. The molecule has 0 bridgehead atoms. The minimum atomic E-state index is -0.813. The summed E-state index contributed by atoms with van der Waals surface area (Å²) >= 11 is 0. The van der Waals surface area contributed by atoms with Crippen molar-refractivity contribution in [3.8, 4) is 0 Å². The molecule has 5 unspecified atom stereocenters. The molecule has 11 heteroatoms. The smallest absolute Gasteiger partial charge is 0.307 e. The summed E-state index contributed by atoms with van der Waals surface area (Å²) in [6.45, 7) is 25.8. The lowest BCUT2D eigenvalue weighted by molar-refractivity contribution is -0.145. The van der Waals surface area contributed by atoms with Gasteiger partial charge in [-0.15, -0.1) is 0 Å². The number of ether oxygens (including phenoxy) is 4. The summed E-state index contributed by atoms with van der Waals surface area (Å²) in [6.07, 6.45) is 25.0. The van der Waals surface area contributed by atoms with Gasteiger partial charge in [0.1, 0.15) is 0 Å². The Balaban J connectivity index is 5.05. The number of rotatable bonds is 49. The molecule has 0 saturated carbocycles. The Morgan fingerprint density at radius 3 is 1.05 bits per heavy atom. The van der Waals surface area contributed by atoms with Crippen molar-refractivity contribution < 1.29 is 38.4 Å². The molecule has 0 aromatic heterocycles. The normalized spacial score (nSPS) is 14.1. The number of hydrogen-bond donors (Lipinski definition) is 1. The van der Waals surface area contributed by atoms with Crippen molar-refractivity contribution in [2.24, 2.45) is 23.7 Å². The second-order valence-electron chi connectivity index (χ2n) is 20.2. The second-order valence-corrected chi connectivity index (χ2v) is 20.2. The van der Waals surface area contributed by atoms with Crippen LogP contribution in [-0.2, 0) is 33.3 Å². The van der Waals surface area contributed by atoms with Crippen LogP contribution in [0.25, 0.3) is 0 Å². The van der Waals surface area contributed by atoms with Crippen LogP contribution in [0.2, 0.25) is 0 Å². The summed E-state index contributed by atoms with van der Waals surface area (Å²) in [5.41, 5.74) is 0. The van der Waals surface area contributed by atoms with Crippen LogP contribution in [0.5, 0.6) is 0 Å². The van der Waals surface area contributed by atoms with Crippen molar-refractivity contribution in [1.82, 2.24) is 14.7 Å². The van der Waals surface area contributed by atoms with E-state index in [4.69, 9.17) is 18.9 Å². The second kappa shape index (κ2) is 45.6. The van der Waals surface area contributed by atoms with E-state index in [0.717, 1.165) is 114 Å². The first-order valence-corrected chi connectivity index (χ1v) is 27.7. The van der Waals surface area contributed by atoms with Gasteiger partial charge < -0.3 is 38.8 Å². The standard InChI is InChI=1S/C55H109N3O8/c1-10-48(5)28-18-14-22-44-63-52(59)32-40-57(41-33-53(60)64-45-23-15-19-29-49(6)11-2)38-26-36-56(9)37-27-39-58(42-34-54(61)65-46-24-16-20-30-50(7)12-3)43-35-55(62)66-47-25-17-21-31-51(8)13-4/h48-52,59H,10-47H2,1-9H3. The molecule has 0 fully saturated rings. The lowest BCUT2D eigenvalue weighted by atomic mass is 10.0. The maximum atomic E-state index is 12.7. The van der Waals surface area contributed by atoms with E-state index in [1.165, 1.54) is 77.0 Å². The lowest BCUT2D eigenvalue weighted by Gasteiger charge is -2.26. The molecule has 392 valence electrons. The lowest BCUT2D eigenvalue weighted by Crippen LogP contribution is -2.34. The molecule has 0 saturated heterocycles. The number of hydrogen-bond acceptors (Lipinski definition) is 11. The zero-order valence-electron chi connectivity index (χ0n) is 44.9. The van der Waals surface area contributed by atoms with Gasteiger partial charge in [-0.3, -0.25) is 14.4 Å². The van der Waals surface area contributed by atoms with Crippen molar-refractivity contribution in [1.29, 1.82) is 0 Å². The van der Waals surface area contributed by atoms with E-state index >= 15 is 0 Å². The van der Waals surface area contributed by atoms with Crippen molar-refractivity contribution >= 4 is 17.9 Å². The van der Waals surface area contributed by atoms with Crippen LogP contribution in [0.15, 0.2) is 0 Å². The minimum absolute atomic E-state index is 0.153. The van der Waals surface area contributed by atoms with Crippen LogP contribution in [0.3, 0.4) is 0 Å². The fourth-order valence-electron chi connectivity index (χ4n) is 7.93. The quantitative estimate of drug-likeness (QED) is 0.0272. The number of unbranched alkanes of at least 4 members (excludes halogenated alkanes) is 8. The van der Waals surface area contributed by atoms with Crippen LogP contribution in [-0.4, -0.2) is 130 Å². The molecule has 0 aliphatic heterocycles. The van der Waals surface area contributed by atoms with Gasteiger partial charge in [0.25, 0.3) is 0 Å². The first kappa shape index (κ1) is 64.2. The van der Waals surface area contributed by atoms with Crippen LogP contribution >= 0.6 is 0 Å². The fourth-order valence-corrected chi connectivity index (χ4v) is 7.93. The van der Waals surface area contributed by atoms with E-state index < -0.39 is 6.29 Å². The van der Waals surface area contributed by atoms with Gasteiger partial charge in [0.05, 0.1) is 39.1 Å². The van der Waals surface area contributed by atoms with Gasteiger partial charge in [0, 0.05) is 39.2 Å². The highest BCUT2D eigenvalue weighted by atomic mass is 16.6. The third-order valence-corrected chi connectivity index (χ3v) is 13.9. The molecule has 0 radical (unpaired) electrons. The molecule has 0 aromatic rings. The van der Waals surface area contributed by atoms with Crippen molar-refractivity contribution in [2.45, 2.75) is 229 Å². The molecule has 0 aliphatic carbocycles. The van der Waals surface area contributed by atoms with E-state index in [2.05, 4.69) is 77.1 Å². The summed E-state index contributed by atoms with van der Waals surface area (Å²) in [6, 6.07) is 0. The van der Waals surface area contributed by atoms with Crippen molar-refractivity contribution in [3.05, 3.63) is 0 Å². The molecule has 11 nitrogen and oxygen atoms in total. The molecule has 0 amide bonds. The Morgan fingerprint density at radius 1 is 0.394 bits per heavy atom. The zero-order chi connectivity index (χ0) is 49.0. The molecule has 66 heavy (non-hydrogen) atoms. The first-order valence-electron chi connectivity index (χ1n) is 27.7. The molecule has 0 heterocycles. The maximum absolute atomic E-state index is 12.7. The highest BCUT2D eigenvalue weighted by Crippen LogP contribution is 2.16. The largest absolute Gasteiger partial charge is 0.466 e. The van der Waals surface area contributed by atoms with Crippen LogP contribution in [0, 0.1) is 23.7 Å². The average molecular weight is 940 g/mol. The zero-order valence-corrected chi connectivity index (χ0v) is 44.9. The van der Waals surface area contributed by atoms with E-state index in [1.807, 2.05) is 0 Å². The van der Waals surface area contributed by atoms with Gasteiger partial charge in [-0.2, -0.15) is 0 Å². The molecule has 0 aliphatic rings. The summed E-state index contributed by atoms with van der Waals surface area (Å²) in [4.78, 5) is 44.9. The highest BCUT2D eigenvalue weighted by Gasteiger charge is 2.16. The third kappa shape index (κ3) is 42.3. The SMILES string of the molecule is CCC(C)CCCCCOC(=O)CCN(CCCN(C)CCCN(CCC(=O)OCCCCCC(C)CC)CCC(O)OCCCCCC(C)CC)CCC(=O)OCCCCCC(C)CC. The Hall–Kier alpha value is -1.79. The van der Waals surface area contributed by atoms with E-state index in [9.17, 15) is 19.5 Å². The Morgan fingerprint density at radius 2 is 0.712 bits per heavy atom. The summed E-state index contributed by atoms with van der Waals surface area (Å²) in [7, 11) is 2.13. The predicted octanol–water partition coefficient (Wildman–Crippen LogP) is 12.3. The van der Waals surface area contributed by atoms with Crippen molar-refractivity contribution in [3.63, 3.8) is 0 Å². The number of carbonyl (C=O) groups is 3. The first-order chi connectivity index (χ1) is 31.8. The van der Waals surface area contributed by atoms with Crippen molar-refractivity contribution in [2.75, 3.05) is 85.8 Å². The van der Waals surface area contributed by atoms with Crippen LogP contribution in [0.4, 0.5) is 0 Å². The molecular weight excluding hydrogens is 831 g/mol. The molecule has 1 N–H and O–H groups in total. The summed E-state index contributed by atoms with van der Waals surface area (Å²) < 4.78 is 22.6. The predicted molar refractivity (Wildman–Crippen MR) is 275 cm³/mol. The number of aliphatic hydroxyl groups excluding tert-OH is 1. The topological polar surface area (TPSA) is 118 Å². The van der Waals surface area contributed by atoms with E-state index in [1.54, 1.807) is 0 Å². The van der Waals surface area contributed by atoms with E-state index in [-0.39, 0.29) is 17.9 Å². The summed E-state index contributed by atoms with van der Waals surface area (Å²) in [5, 5.41) is 10.7. The van der Waals surface area contributed by atoms with Crippen LogP contribution < -0.4 is 0 Å². The van der Waals surface area contributed by atoms with Gasteiger partial charge >= 0.3 is 17.9 Å². The summed E-state index contributed by atoms with van der Waals surface area (Å²) in [5.74, 6) is 2.52. The Labute approximate surface area is 407 Å². The van der Waals surface area contributed by atoms with Gasteiger partial charge in [-0.05, 0) is 95.4 Å². The van der Waals surface area contributed by atoms with E-state index in [0.29, 0.717) is 78.3 Å².